The molecule has 0 saturated carbocycles. The Labute approximate surface area is 125 Å². The maximum absolute atomic E-state index is 10.5. The molecule has 0 bridgehead atoms. The van der Waals surface area contributed by atoms with E-state index in [1.54, 1.807) is 6.07 Å². The molecule has 1 rings (SSSR count). The van der Waals surface area contributed by atoms with Gasteiger partial charge in [0.2, 0.25) is 0 Å². The van der Waals surface area contributed by atoms with Crippen molar-refractivity contribution in [3.63, 3.8) is 0 Å². The van der Waals surface area contributed by atoms with Crippen LogP contribution in [0, 0.1) is 16.7 Å². The topological polar surface area (TPSA) is 70.3 Å². The number of hydrogen-bond acceptors (Lipinski definition) is 3. The van der Waals surface area contributed by atoms with Gasteiger partial charge in [0.05, 0.1) is 18.1 Å². The molecule has 1 aromatic rings. The van der Waals surface area contributed by atoms with Crippen molar-refractivity contribution in [2.24, 2.45) is 5.41 Å². The molecule has 0 heterocycles. The first-order chi connectivity index (χ1) is 9.93. The fraction of sp³-hybridized carbons (Fsp3) is 0.412. The van der Waals surface area contributed by atoms with Gasteiger partial charge in [0, 0.05) is 6.08 Å². The third-order valence-corrected chi connectivity index (χ3v) is 3.04. The largest absolute Gasteiger partial charge is 0.494 e. The van der Waals surface area contributed by atoms with Crippen LogP contribution in [0.5, 0.6) is 5.75 Å². The van der Waals surface area contributed by atoms with Gasteiger partial charge in [-0.3, -0.25) is 0 Å². The minimum Gasteiger partial charge on any atom is -0.494 e. The summed E-state index contributed by atoms with van der Waals surface area (Å²) in [6.45, 7) is 4.46. The highest BCUT2D eigenvalue weighted by Crippen LogP contribution is 2.22. The molecule has 0 fully saturated rings. The van der Waals surface area contributed by atoms with Crippen LogP contribution in [0.4, 0.5) is 0 Å². The molecule has 1 N–H and O–H groups in total. The Balaban J connectivity index is 2.38. The number of nitriles is 1. The summed E-state index contributed by atoms with van der Waals surface area (Å²) in [5.74, 6) is -0.247. The van der Waals surface area contributed by atoms with Gasteiger partial charge in [-0.2, -0.15) is 5.26 Å². The van der Waals surface area contributed by atoms with Gasteiger partial charge in [-0.1, -0.05) is 12.1 Å². The average molecular weight is 287 g/mol. The van der Waals surface area contributed by atoms with E-state index in [1.165, 1.54) is 6.08 Å². The van der Waals surface area contributed by atoms with Crippen LogP contribution in [0.15, 0.2) is 30.3 Å². The summed E-state index contributed by atoms with van der Waals surface area (Å²) in [6.07, 6.45) is 5.32. The normalized spacial score (nSPS) is 11.3. The molecule has 4 nitrogen and oxygen atoms in total. The molecule has 0 spiro atoms. The molecule has 0 aliphatic carbocycles. The molecule has 0 aliphatic rings. The van der Waals surface area contributed by atoms with Gasteiger partial charge in [-0.15, -0.1) is 0 Å². The Morgan fingerprint density at radius 2 is 2.19 bits per heavy atom. The summed E-state index contributed by atoms with van der Waals surface area (Å²) in [5.41, 5.74) is 0.516. The van der Waals surface area contributed by atoms with E-state index in [9.17, 15) is 4.79 Å². The van der Waals surface area contributed by atoms with Crippen molar-refractivity contribution < 1.29 is 14.6 Å². The highest BCUT2D eigenvalue weighted by molar-refractivity contribution is 5.85. The predicted octanol–water partition coefficient (Wildman–Crippen LogP) is 3.88. The average Bonchev–Trinajstić information content (AvgIpc) is 2.45. The van der Waals surface area contributed by atoms with Gasteiger partial charge in [0.1, 0.15) is 5.75 Å². The summed E-state index contributed by atoms with van der Waals surface area (Å²) >= 11 is 0. The van der Waals surface area contributed by atoms with E-state index in [0.717, 1.165) is 36.7 Å². The molecule has 0 aliphatic heterocycles. The molecule has 0 saturated heterocycles. The molecular weight excluding hydrogens is 266 g/mol. The Hall–Kier alpha value is -2.28. The van der Waals surface area contributed by atoms with Crippen molar-refractivity contribution in [1.29, 1.82) is 5.26 Å². The van der Waals surface area contributed by atoms with Gasteiger partial charge in [-0.25, -0.2) is 4.79 Å². The molecule has 0 radical (unpaired) electrons. The number of carboxylic acid groups (broad SMARTS) is 1. The number of aliphatic carboxylic acids is 1. The van der Waals surface area contributed by atoms with Gasteiger partial charge in [0.15, 0.2) is 0 Å². The highest BCUT2D eigenvalue weighted by atomic mass is 16.5. The molecule has 4 heteroatoms. The van der Waals surface area contributed by atoms with Gasteiger partial charge < -0.3 is 9.84 Å². The summed E-state index contributed by atoms with van der Waals surface area (Å²) in [7, 11) is 0. The lowest BCUT2D eigenvalue weighted by Gasteiger charge is -2.14. The fourth-order valence-electron chi connectivity index (χ4n) is 1.79. The maximum atomic E-state index is 10.5. The minimum atomic E-state index is -0.971. The van der Waals surface area contributed by atoms with Gasteiger partial charge in [-0.05, 0) is 56.9 Å². The summed E-state index contributed by atoms with van der Waals surface area (Å²) in [4.78, 5) is 10.5. The first-order valence-electron chi connectivity index (χ1n) is 6.98. The molecule has 1 aromatic carbocycles. The van der Waals surface area contributed by atoms with E-state index in [4.69, 9.17) is 15.1 Å². The van der Waals surface area contributed by atoms with Crippen molar-refractivity contribution in [2.75, 3.05) is 6.61 Å². The molecule has 0 atom stereocenters. The molecular formula is C17H21NO3. The molecule has 0 amide bonds. The lowest BCUT2D eigenvalue weighted by atomic mass is 9.89. The Morgan fingerprint density at radius 1 is 1.43 bits per heavy atom. The van der Waals surface area contributed by atoms with E-state index in [1.807, 2.05) is 32.0 Å². The van der Waals surface area contributed by atoms with Crippen LogP contribution in [-0.4, -0.2) is 17.7 Å². The summed E-state index contributed by atoms with van der Waals surface area (Å²) in [6, 6.07) is 9.58. The fourth-order valence-corrected chi connectivity index (χ4v) is 1.79. The van der Waals surface area contributed by atoms with Crippen LogP contribution in [0.1, 0.15) is 38.7 Å². The zero-order valence-corrected chi connectivity index (χ0v) is 12.5. The van der Waals surface area contributed by atoms with Crippen molar-refractivity contribution >= 4 is 12.0 Å². The molecule has 0 unspecified atom stereocenters. The van der Waals surface area contributed by atoms with Crippen molar-refractivity contribution in [1.82, 2.24) is 0 Å². The van der Waals surface area contributed by atoms with Crippen LogP contribution in [0.25, 0.3) is 6.08 Å². The Kier molecular flexibility index (Phi) is 6.48. The highest BCUT2D eigenvalue weighted by Gasteiger charge is 2.15. The number of ether oxygens (including phenoxy) is 1. The second-order valence-electron chi connectivity index (χ2n) is 5.55. The zero-order chi connectivity index (χ0) is 15.7. The SMILES string of the molecule is CC(C)(C#N)CCCCOc1cccc(/C=C/C(=O)O)c1. The number of carboxylic acids is 1. The standard InChI is InChI=1S/C17H21NO3/c1-17(2,13-18)10-3-4-11-21-15-7-5-6-14(12-15)8-9-16(19)20/h5-9,12H,3-4,10-11H2,1-2H3,(H,19,20)/b9-8+. The van der Waals surface area contributed by atoms with Crippen LogP contribution in [0.2, 0.25) is 0 Å². The van der Waals surface area contributed by atoms with Gasteiger partial charge >= 0.3 is 5.97 Å². The summed E-state index contributed by atoms with van der Waals surface area (Å²) in [5, 5.41) is 17.5. The second-order valence-corrected chi connectivity index (χ2v) is 5.55. The molecule has 112 valence electrons. The first-order valence-corrected chi connectivity index (χ1v) is 6.98. The molecule has 0 aromatic heterocycles. The number of rotatable bonds is 8. The van der Waals surface area contributed by atoms with Crippen molar-refractivity contribution in [3.05, 3.63) is 35.9 Å². The Morgan fingerprint density at radius 3 is 2.86 bits per heavy atom. The predicted molar refractivity (Wildman–Crippen MR) is 81.9 cm³/mol. The maximum Gasteiger partial charge on any atom is 0.328 e. The second kappa shape index (κ2) is 8.11. The zero-order valence-electron chi connectivity index (χ0n) is 12.5. The molecule has 21 heavy (non-hydrogen) atoms. The lowest BCUT2D eigenvalue weighted by Crippen LogP contribution is -2.08. The van der Waals surface area contributed by atoms with E-state index in [-0.39, 0.29) is 5.41 Å². The van der Waals surface area contributed by atoms with Crippen LogP contribution < -0.4 is 4.74 Å². The van der Waals surface area contributed by atoms with Crippen molar-refractivity contribution in [2.45, 2.75) is 33.1 Å². The van der Waals surface area contributed by atoms with Crippen LogP contribution in [-0.2, 0) is 4.79 Å². The first kappa shape index (κ1) is 16.8. The van der Waals surface area contributed by atoms with E-state index < -0.39 is 5.97 Å². The summed E-state index contributed by atoms with van der Waals surface area (Å²) < 4.78 is 5.64. The van der Waals surface area contributed by atoms with E-state index >= 15 is 0 Å². The lowest BCUT2D eigenvalue weighted by molar-refractivity contribution is -0.131. The van der Waals surface area contributed by atoms with E-state index in [0.29, 0.717) is 6.61 Å². The van der Waals surface area contributed by atoms with Crippen molar-refractivity contribution in [3.8, 4) is 11.8 Å². The number of unbranched alkanes of at least 4 members (excludes halogenated alkanes) is 1. The number of nitrogens with zero attached hydrogens (tertiary/aromatic N) is 1. The monoisotopic (exact) mass is 287 g/mol. The number of carbonyl (C=O) groups is 1. The van der Waals surface area contributed by atoms with Gasteiger partial charge in [0.25, 0.3) is 0 Å². The number of benzene rings is 1. The smallest absolute Gasteiger partial charge is 0.328 e. The number of hydrogen-bond donors (Lipinski definition) is 1. The third-order valence-electron chi connectivity index (χ3n) is 3.04. The van der Waals surface area contributed by atoms with Crippen LogP contribution >= 0.6 is 0 Å². The third kappa shape index (κ3) is 7.17. The van der Waals surface area contributed by atoms with Crippen LogP contribution in [0.3, 0.4) is 0 Å². The quantitative estimate of drug-likeness (QED) is 0.581. The minimum absolute atomic E-state index is 0.276. The Bertz CT molecular complexity index is 541. The van der Waals surface area contributed by atoms with E-state index in [2.05, 4.69) is 6.07 Å².